The van der Waals surface area contributed by atoms with Crippen LogP contribution in [0.2, 0.25) is 0 Å². The molecule has 1 aromatic carbocycles. The van der Waals surface area contributed by atoms with Crippen LogP contribution in [0.5, 0.6) is 0 Å². The van der Waals surface area contributed by atoms with Gasteiger partial charge in [-0.15, -0.1) is 0 Å². The van der Waals surface area contributed by atoms with Crippen molar-refractivity contribution in [3.63, 3.8) is 0 Å². The van der Waals surface area contributed by atoms with E-state index in [1.165, 1.54) is 5.56 Å². The normalized spacial score (nSPS) is 10.8. The molecule has 1 heterocycles. The van der Waals surface area contributed by atoms with Crippen molar-refractivity contribution in [2.24, 2.45) is 0 Å². The van der Waals surface area contributed by atoms with Crippen LogP contribution in [0, 0.1) is 6.92 Å². The van der Waals surface area contributed by atoms with Crippen LogP contribution in [-0.4, -0.2) is 18.6 Å². The Kier molecular flexibility index (Phi) is 4.55. The summed E-state index contributed by atoms with van der Waals surface area (Å²) in [7, 11) is 1.95. The summed E-state index contributed by atoms with van der Waals surface area (Å²) in [5.74, 6) is 1.65. The molecule has 0 aliphatic rings. The number of nitrogens with one attached hydrogen (secondary N) is 1. The first kappa shape index (κ1) is 13.3. The van der Waals surface area contributed by atoms with Gasteiger partial charge in [-0.05, 0) is 38.6 Å². The molecule has 0 fully saturated rings. The summed E-state index contributed by atoms with van der Waals surface area (Å²) >= 11 is 3.53. The predicted molar refractivity (Wildman–Crippen MR) is 76.6 cm³/mol. The van der Waals surface area contributed by atoms with Crippen molar-refractivity contribution < 1.29 is 4.42 Å². The smallest absolute Gasteiger partial charge is 0.194 e. The first-order chi connectivity index (χ1) is 8.72. The van der Waals surface area contributed by atoms with Crippen molar-refractivity contribution >= 4 is 15.9 Å². The number of aryl methyl sites for hydroxylation is 1. The first-order valence-electron chi connectivity index (χ1n) is 6.07. The second kappa shape index (κ2) is 6.16. The number of hydrogen-bond acceptors (Lipinski definition) is 3. The van der Waals surface area contributed by atoms with E-state index in [0.29, 0.717) is 0 Å². The number of hydrogen-bond donors (Lipinski definition) is 1. The van der Waals surface area contributed by atoms with Gasteiger partial charge in [-0.1, -0.05) is 28.1 Å². The molecule has 1 aromatic heterocycles. The maximum Gasteiger partial charge on any atom is 0.194 e. The zero-order valence-corrected chi connectivity index (χ0v) is 12.3. The van der Waals surface area contributed by atoms with E-state index in [4.69, 9.17) is 4.42 Å². The van der Waals surface area contributed by atoms with E-state index >= 15 is 0 Å². The van der Waals surface area contributed by atoms with E-state index in [9.17, 15) is 0 Å². The van der Waals surface area contributed by atoms with Crippen molar-refractivity contribution in [2.75, 3.05) is 13.6 Å². The molecule has 0 aliphatic heterocycles. The van der Waals surface area contributed by atoms with E-state index in [1.807, 2.05) is 25.4 Å². The molecule has 0 bridgehead atoms. The number of halogens is 1. The predicted octanol–water partition coefficient (Wildman–Crippen LogP) is 3.56. The van der Waals surface area contributed by atoms with Crippen LogP contribution in [0.25, 0.3) is 11.3 Å². The van der Waals surface area contributed by atoms with Gasteiger partial charge in [0.2, 0.25) is 0 Å². The van der Waals surface area contributed by atoms with Crippen LogP contribution < -0.4 is 5.32 Å². The quantitative estimate of drug-likeness (QED) is 0.858. The van der Waals surface area contributed by atoms with E-state index < -0.39 is 0 Å². The minimum atomic E-state index is 0.805. The maximum absolute atomic E-state index is 5.79. The zero-order valence-electron chi connectivity index (χ0n) is 10.7. The van der Waals surface area contributed by atoms with Crippen LogP contribution in [0.1, 0.15) is 17.9 Å². The van der Waals surface area contributed by atoms with Gasteiger partial charge in [0.1, 0.15) is 0 Å². The van der Waals surface area contributed by atoms with Crippen molar-refractivity contribution in [1.82, 2.24) is 10.3 Å². The fourth-order valence-electron chi connectivity index (χ4n) is 1.84. The van der Waals surface area contributed by atoms with Gasteiger partial charge in [-0.25, -0.2) is 4.98 Å². The number of benzene rings is 1. The van der Waals surface area contributed by atoms with Gasteiger partial charge in [0.15, 0.2) is 11.7 Å². The summed E-state index contributed by atoms with van der Waals surface area (Å²) in [5.41, 5.74) is 2.27. The highest BCUT2D eigenvalue weighted by Gasteiger charge is 2.10. The lowest BCUT2D eigenvalue weighted by molar-refractivity contribution is 0.495. The molecule has 0 radical (unpaired) electrons. The van der Waals surface area contributed by atoms with E-state index in [-0.39, 0.29) is 0 Å². The molecule has 1 N–H and O–H groups in total. The summed E-state index contributed by atoms with van der Waals surface area (Å²) in [4.78, 5) is 4.33. The van der Waals surface area contributed by atoms with Crippen molar-refractivity contribution in [1.29, 1.82) is 0 Å². The van der Waals surface area contributed by atoms with Crippen LogP contribution in [-0.2, 0) is 6.42 Å². The van der Waals surface area contributed by atoms with Crippen molar-refractivity contribution in [3.05, 3.63) is 40.3 Å². The molecular weight excluding hydrogens is 292 g/mol. The lowest BCUT2D eigenvalue weighted by atomic mass is 10.1. The van der Waals surface area contributed by atoms with Crippen molar-refractivity contribution in [2.45, 2.75) is 19.8 Å². The van der Waals surface area contributed by atoms with Crippen LogP contribution in [0.3, 0.4) is 0 Å². The SMILES string of the molecule is CNCCCc1ncc(-c2cccc(Br)c2C)o1. The van der Waals surface area contributed by atoms with Gasteiger partial charge in [0.25, 0.3) is 0 Å². The molecule has 0 spiro atoms. The first-order valence-corrected chi connectivity index (χ1v) is 6.86. The minimum absolute atomic E-state index is 0.805. The maximum atomic E-state index is 5.79. The van der Waals surface area contributed by atoms with Gasteiger partial charge in [-0.3, -0.25) is 0 Å². The second-order valence-electron chi connectivity index (χ2n) is 4.24. The molecule has 0 saturated carbocycles. The molecule has 0 unspecified atom stereocenters. The Morgan fingerprint density at radius 3 is 3.00 bits per heavy atom. The second-order valence-corrected chi connectivity index (χ2v) is 5.09. The Balaban J connectivity index is 2.16. The highest BCUT2D eigenvalue weighted by molar-refractivity contribution is 9.10. The lowest BCUT2D eigenvalue weighted by Crippen LogP contribution is -2.08. The third kappa shape index (κ3) is 3.00. The molecule has 0 atom stereocenters. The molecule has 2 aromatic rings. The molecule has 0 amide bonds. The summed E-state index contributed by atoms with van der Waals surface area (Å²) in [6.45, 7) is 3.05. The van der Waals surface area contributed by atoms with Gasteiger partial charge >= 0.3 is 0 Å². The topological polar surface area (TPSA) is 38.1 Å². The molecule has 0 aliphatic carbocycles. The average Bonchev–Trinajstić information content (AvgIpc) is 2.82. The minimum Gasteiger partial charge on any atom is -0.441 e. The van der Waals surface area contributed by atoms with Gasteiger partial charge in [0.05, 0.1) is 6.20 Å². The molecular formula is C14H17BrN2O. The Morgan fingerprint density at radius 2 is 2.22 bits per heavy atom. The summed E-state index contributed by atoms with van der Waals surface area (Å²) in [5, 5.41) is 3.12. The zero-order chi connectivity index (χ0) is 13.0. The highest BCUT2D eigenvalue weighted by Crippen LogP contribution is 2.29. The van der Waals surface area contributed by atoms with Gasteiger partial charge in [0, 0.05) is 16.5 Å². The number of rotatable bonds is 5. The number of nitrogens with zero attached hydrogens (tertiary/aromatic N) is 1. The summed E-state index contributed by atoms with van der Waals surface area (Å²) < 4.78 is 6.88. The average molecular weight is 309 g/mol. The number of oxazole rings is 1. The molecule has 2 rings (SSSR count). The largest absolute Gasteiger partial charge is 0.441 e. The van der Waals surface area contributed by atoms with Gasteiger partial charge < -0.3 is 9.73 Å². The monoisotopic (exact) mass is 308 g/mol. The molecule has 18 heavy (non-hydrogen) atoms. The Bertz CT molecular complexity index is 522. The Hall–Kier alpha value is -1.13. The van der Waals surface area contributed by atoms with Crippen LogP contribution in [0.15, 0.2) is 33.3 Å². The Labute approximate surface area is 116 Å². The van der Waals surface area contributed by atoms with Crippen LogP contribution >= 0.6 is 15.9 Å². The van der Waals surface area contributed by atoms with Crippen molar-refractivity contribution in [3.8, 4) is 11.3 Å². The van der Waals surface area contributed by atoms with Gasteiger partial charge in [-0.2, -0.15) is 0 Å². The Morgan fingerprint density at radius 1 is 1.39 bits per heavy atom. The van der Waals surface area contributed by atoms with E-state index in [2.05, 4.69) is 39.2 Å². The highest BCUT2D eigenvalue weighted by atomic mass is 79.9. The van der Waals surface area contributed by atoms with E-state index in [0.717, 1.165) is 41.1 Å². The summed E-state index contributed by atoms with van der Waals surface area (Å²) in [6.07, 6.45) is 3.71. The molecule has 3 nitrogen and oxygen atoms in total. The lowest BCUT2D eigenvalue weighted by Gasteiger charge is -2.03. The fraction of sp³-hybridized carbons (Fsp3) is 0.357. The standard InChI is InChI=1S/C14H17BrN2O/c1-10-11(5-3-6-12(10)15)13-9-17-14(18-13)7-4-8-16-2/h3,5-6,9,16H,4,7-8H2,1-2H3. The fourth-order valence-corrected chi connectivity index (χ4v) is 2.21. The third-order valence-electron chi connectivity index (χ3n) is 2.90. The van der Waals surface area contributed by atoms with Crippen LogP contribution in [0.4, 0.5) is 0 Å². The van der Waals surface area contributed by atoms with E-state index in [1.54, 1.807) is 0 Å². The molecule has 0 saturated heterocycles. The molecule has 96 valence electrons. The third-order valence-corrected chi connectivity index (χ3v) is 3.76. The number of aromatic nitrogens is 1. The molecule has 4 heteroatoms. The summed E-state index contributed by atoms with van der Waals surface area (Å²) in [6, 6.07) is 6.09.